The van der Waals surface area contributed by atoms with Crippen LogP contribution in [-0.4, -0.2) is 22.0 Å². The van der Waals surface area contributed by atoms with Crippen LogP contribution in [0.5, 0.6) is 17.4 Å². The molecule has 0 fully saturated rings. The number of alkyl halides is 3. The van der Waals surface area contributed by atoms with E-state index < -0.39 is 17.8 Å². The highest BCUT2D eigenvalue weighted by Crippen LogP contribution is 2.34. The van der Waals surface area contributed by atoms with Crippen molar-refractivity contribution >= 4 is 29.1 Å². The lowest BCUT2D eigenvalue weighted by Crippen LogP contribution is -2.35. The van der Waals surface area contributed by atoms with E-state index in [0.717, 1.165) is 11.6 Å². The number of pyridine rings is 2. The van der Waals surface area contributed by atoms with Gasteiger partial charge in [0.15, 0.2) is 6.10 Å². The minimum atomic E-state index is -4.55. The first-order valence-electron chi connectivity index (χ1n) is 9.17. The lowest BCUT2D eigenvalue weighted by Gasteiger charge is -2.15. The summed E-state index contributed by atoms with van der Waals surface area (Å²) in [5.74, 6) is 0.164. The molecule has 1 atom stereocenters. The van der Waals surface area contributed by atoms with E-state index in [1.165, 1.54) is 12.1 Å². The molecule has 0 saturated heterocycles. The van der Waals surface area contributed by atoms with Gasteiger partial charge in [0.25, 0.3) is 5.91 Å². The van der Waals surface area contributed by atoms with E-state index >= 15 is 0 Å². The van der Waals surface area contributed by atoms with E-state index in [9.17, 15) is 18.0 Å². The Kier molecular flexibility index (Phi) is 7.42. The fourth-order valence-electron chi connectivity index (χ4n) is 2.45. The summed E-state index contributed by atoms with van der Waals surface area (Å²) in [7, 11) is 0. The summed E-state index contributed by atoms with van der Waals surface area (Å²) in [4.78, 5) is 19.8. The highest BCUT2D eigenvalue weighted by atomic mass is 35.5. The van der Waals surface area contributed by atoms with Crippen molar-refractivity contribution in [2.75, 3.05) is 0 Å². The summed E-state index contributed by atoms with van der Waals surface area (Å²) in [6.45, 7) is 1.86. The molecule has 1 amide bonds. The summed E-state index contributed by atoms with van der Waals surface area (Å²) >= 11 is 11.6. The van der Waals surface area contributed by atoms with E-state index in [2.05, 4.69) is 15.3 Å². The maximum absolute atomic E-state index is 12.7. The van der Waals surface area contributed by atoms with Crippen LogP contribution in [0.3, 0.4) is 0 Å². The second-order valence-corrected chi connectivity index (χ2v) is 7.34. The van der Waals surface area contributed by atoms with Crippen LogP contribution in [0.1, 0.15) is 18.1 Å². The number of carbonyl (C=O) groups excluding carboxylic acids is 1. The lowest BCUT2D eigenvalue weighted by molar-refractivity contribution is -0.137. The van der Waals surface area contributed by atoms with Crippen molar-refractivity contribution in [3.05, 3.63) is 76.2 Å². The van der Waals surface area contributed by atoms with Gasteiger partial charge in [-0.1, -0.05) is 29.3 Å². The zero-order valence-electron chi connectivity index (χ0n) is 16.5. The normalized spacial score (nSPS) is 12.2. The molecular weight excluding hydrogens is 470 g/mol. The number of hydrogen-bond donors (Lipinski definition) is 1. The van der Waals surface area contributed by atoms with Gasteiger partial charge in [0, 0.05) is 18.9 Å². The molecule has 1 N–H and O–H groups in total. The van der Waals surface area contributed by atoms with Crippen LogP contribution in [0.4, 0.5) is 13.2 Å². The van der Waals surface area contributed by atoms with Gasteiger partial charge in [-0.05, 0) is 48.9 Å². The fraction of sp³-hybridized carbons (Fsp3) is 0.190. The average Bonchev–Trinajstić information content (AvgIpc) is 2.75. The number of hydrogen-bond acceptors (Lipinski definition) is 5. The van der Waals surface area contributed by atoms with E-state index in [1.807, 2.05) is 0 Å². The molecule has 168 valence electrons. The summed E-state index contributed by atoms with van der Waals surface area (Å²) in [6.07, 6.45) is -3.14. The molecule has 0 aliphatic heterocycles. The van der Waals surface area contributed by atoms with Crippen LogP contribution in [0, 0.1) is 0 Å². The summed E-state index contributed by atoms with van der Waals surface area (Å²) in [6, 6.07) is 10.2. The van der Waals surface area contributed by atoms with Crippen molar-refractivity contribution in [1.82, 2.24) is 15.3 Å². The summed E-state index contributed by atoms with van der Waals surface area (Å²) < 4.78 is 49.1. The van der Waals surface area contributed by atoms with Gasteiger partial charge in [-0.3, -0.25) is 4.79 Å². The molecule has 1 aromatic carbocycles. The van der Waals surface area contributed by atoms with Crippen LogP contribution in [-0.2, 0) is 17.5 Å². The zero-order valence-corrected chi connectivity index (χ0v) is 18.0. The van der Waals surface area contributed by atoms with E-state index in [1.54, 1.807) is 37.4 Å². The van der Waals surface area contributed by atoms with Crippen LogP contribution in [0.2, 0.25) is 10.2 Å². The fourth-order valence-corrected chi connectivity index (χ4v) is 2.77. The van der Waals surface area contributed by atoms with Gasteiger partial charge in [-0.2, -0.15) is 13.2 Å². The SMILES string of the molecule is CC(Oc1ccc(Oc2ncc(C(F)(F)F)cc2Cl)cc1)C(=O)NCc1ccc(Cl)nc1. The first-order chi connectivity index (χ1) is 15.1. The number of amides is 1. The minimum Gasteiger partial charge on any atom is -0.481 e. The van der Waals surface area contributed by atoms with Crippen molar-refractivity contribution in [2.24, 2.45) is 0 Å². The zero-order chi connectivity index (χ0) is 23.3. The van der Waals surface area contributed by atoms with Crippen molar-refractivity contribution < 1.29 is 27.4 Å². The highest BCUT2D eigenvalue weighted by Gasteiger charge is 2.31. The Morgan fingerprint density at radius 2 is 1.75 bits per heavy atom. The number of aromatic nitrogens is 2. The van der Waals surface area contributed by atoms with Crippen molar-refractivity contribution in [3.63, 3.8) is 0 Å². The third kappa shape index (κ3) is 6.48. The average molecular weight is 486 g/mol. The van der Waals surface area contributed by atoms with Crippen molar-refractivity contribution in [3.8, 4) is 17.4 Å². The number of benzene rings is 1. The maximum Gasteiger partial charge on any atom is 0.417 e. The number of nitrogens with zero attached hydrogens (tertiary/aromatic N) is 2. The molecule has 0 spiro atoms. The predicted octanol–water partition coefficient (Wildman–Crippen LogP) is 5.68. The predicted molar refractivity (Wildman–Crippen MR) is 112 cm³/mol. The van der Waals surface area contributed by atoms with Crippen LogP contribution < -0.4 is 14.8 Å². The number of halogens is 5. The Bertz CT molecular complexity index is 1080. The molecule has 11 heteroatoms. The van der Waals surface area contributed by atoms with Crippen molar-refractivity contribution in [2.45, 2.75) is 25.7 Å². The second kappa shape index (κ2) is 10.1. The third-order valence-electron chi connectivity index (χ3n) is 4.11. The van der Waals surface area contributed by atoms with Gasteiger partial charge < -0.3 is 14.8 Å². The molecule has 3 rings (SSSR count). The van der Waals surface area contributed by atoms with Gasteiger partial charge in [-0.15, -0.1) is 0 Å². The molecule has 32 heavy (non-hydrogen) atoms. The molecule has 0 aliphatic rings. The monoisotopic (exact) mass is 485 g/mol. The summed E-state index contributed by atoms with van der Waals surface area (Å²) in [5.41, 5.74) is -0.190. The Balaban J connectivity index is 1.55. The third-order valence-corrected chi connectivity index (χ3v) is 4.60. The van der Waals surface area contributed by atoms with Gasteiger partial charge in [0.05, 0.1) is 5.56 Å². The molecule has 2 heterocycles. The number of carbonyl (C=O) groups is 1. The van der Waals surface area contributed by atoms with Crippen LogP contribution in [0.25, 0.3) is 0 Å². The van der Waals surface area contributed by atoms with Gasteiger partial charge in [-0.25, -0.2) is 9.97 Å². The van der Waals surface area contributed by atoms with Crippen LogP contribution >= 0.6 is 23.2 Å². The first kappa shape index (κ1) is 23.6. The molecule has 0 aliphatic carbocycles. The molecule has 0 radical (unpaired) electrons. The largest absolute Gasteiger partial charge is 0.481 e. The van der Waals surface area contributed by atoms with Gasteiger partial charge >= 0.3 is 6.18 Å². The number of nitrogens with one attached hydrogen (secondary N) is 1. The molecule has 0 bridgehead atoms. The molecule has 0 saturated carbocycles. The molecular formula is C21H16Cl2F3N3O3. The smallest absolute Gasteiger partial charge is 0.417 e. The quantitative estimate of drug-likeness (QED) is 0.436. The topological polar surface area (TPSA) is 73.3 Å². The van der Waals surface area contributed by atoms with Gasteiger partial charge in [0.2, 0.25) is 5.88 Å². The molecule has 6 nitrogen and oxygen atoms in total. The summed E-state index contributed by atoms with van der Waals surface area (Å²) in [5, 5.41) is 2.81. The minimum absolute atomic E-state index is 0.169. The molecule has 2 aromatic heterocycles. The van der Waals surface area contributed by atoms with Gasteiger partial charge in [0.1, 0.15) is 21.7 Å². The maximum atomic E-state index is 12.7. The van der Waals surface area contributed by atoms with E-state index in [-0.39, 0.29) is 29.1 Å². The standard InChI is InChI=1S/C21H16Cl2F3N3O3/c1-12(19(30)28-10-13-2-7-18(23)27-9-13)31-15-3-5-16(6-4-15)32-20-17(22)8-14(11-29-20)21(24,25)26/h2-9,11-12H,10H2,1H3,(H,28,30). The molecule has 1 unspecified atom stereocenters. The van der Waals surface area contributed by atoms with Crippen molar-refractivity contribution in [1.29, 1.82) is 0 Å². The lowest BCUT2D eigenvalue weighted by atomic mass is 10.2. The Morgan fingerprint density at radius 3 is 2.34 bits per heavy atom. The van der Waals surface area contributed by atoms with E-state index in [0.29, 0.717) is 17.1 Å². The van der Waals surface area contributed by atoms with Crippen LogP contribution in [0.15, 0.2) is 54.9 Å². The van der Waals surface area contributed by atoms with E-state index in [4.69, 9.17) is 32.7 Å². The first-order valence-corrected chi connectivity index (χ1v) is 9.93. The number of ether oxygens (including phenoxy) is 2. The molecule has 3 aromatic rings. The highest BCUT2D eigenvalue weighted by molar-refractivity contribution is 6.31. The Morgan fingerprint density at radius 1 is 1.06 bits per heavy atom. The number of rotatable bonds is 7. The Hall–Kier alpha value is -3.04. The second-order valence-electron chi connectivity index (χ2n) is 6.55. The Labute approximate surface area is 191 Å².